The quantitative estimate of drug-likeness (QED) is 0.111. The number of anilines is 1. The van der Waals surface area contributed by atoms with E-state index in [-0.39, 0.29) is 11.7 Å². The van der Waals surface area contributed by atoms with Crippen LogP contribution < -0.4 is 11.2 Å². The third kappa shape index (κ3) is 4.05. The number of carbonyl (C=O) groups excluding carboxylic acids is 1. The van der Waals surface area contributed by atoms with Crippen LogP contribution in [0.3, 0.4) is 0 Å². The van der Waals surface area contributed by atoms with Crippen LogP contribution in [-0.2, 0) is 6.42 Å². The molecule has 0 bridgehead atoms. The zero-order valence-electron chi connectivity index (χ0n) is 15.6. The highest BCUT2D eigenvalue weighted by Gasteiger charge is 2.18. The van der Waals surface area contributed by atoms with Gasteiger partial charge in [-0.05, 0) is 65.1 Å². The van der Waals surface area contributed by atoms with Crippen molar-refractivity contribution in [3.8, 4) is 11.1 Å². The number of benzene rings is 3. The first-order valence-electron chi connectivity index (χ1n) is 9.07. The lowest BCUT2D eigenvalue weighted by atomic mass is 10.1. The van der Waals surface area contributed by atoms with Gasteiger partial charge in [0, 0.05) is 16.1 Å². The van der Waals surface area contributed by atoms with Gasteiger partial charge in [0.2, 0.25) is 0 Å². The fraction of sp³-hybridized carbons (Fsp3) is 0.0909. The molecular weight excluding hydrogens is 382 g/mol. The second kappa shape index (κ2) is 8.28. The molecular formula is C22H19N5OS. The standard InChI is InChI=1S/C22H19N5OS/c23-26-21(27-24)13-29-18-8-5-14(6-9-18)22(28)25-17-7-10-20-16(12-17)11-15-3-1-2-4-19(15)20/h1-10,12,23H,11,13,24H2,(H,25,28). The summed E-state index contributed by atoms with van der Waals surface area (Å²) in [6, 6.07) is 21.7. The van der Waals surface area contributed by atoms with E-state index in [1.807, 2.05) is 18.2 Å². The molecule has 1 amide bonds. The minimum absolute atomic E-state index is 0.151. The van der Waals surface area contributed by atoms with Crippen molar-refractivity contribution in [3.05, 3.63) is 83.4 Å². The Morgan fingerprint density at radius 1 is 1.03 bits per heavy atom. The molecule has 29 heavy (non-hydrogen) atoms. The Bertz CT molecular complexity index is 1110. The SMILES string of the molecule is N=NC(CSc1ccc(C(=O)Nc2ccc3c(c2)Cc2ccccc2-3)cc1)=NN. The molecule has 3 aromatic carbocycles. The summed E-state index contributed by atoms with van der Waals surface area (Å²) in [5.41, 5.74) is 13.4. The van der Waals surface area contributed by atoms with Crippen LogP contribution >= 0.6 is 11.8 Å². The Kier molecular flexibility index (Phi) is 5.39. The van der Waals surface area contributed by atoms with Gasteiger partial charge in [0.25, 0.3) is 5.91 Å². The van der Waals surface area contributed by atoms with Gasteiger partial charge in [-0.3, -0.25) is 4.79 Å². The van der Waals surface area contributed by atoms with Crippen molar-refractivity contribution in [2.24, 2.45) is 16.1 Å². The maximum atomic E-state index is 12.6. The lowest BCUT2D eigenvalue weighted by Crippen LogP contribution is -2.11. The van der Waals surface area contributed by atoms with Gasteiger partial charge in [-0.2, -0.15) is 5.10 Å². The number of rotatable bonds is 5. The van der Waals surface area contributed by atoms with Gasteiger partial charge >= 0.3 is 0 Å². The third-order valence-electron chi connectivity index (χ3n) is 4.81. The molecule has 4 N–H and O–H groups in total. The minimum Gasteiger partial charge on any atom is -0.322 e. The van der Waals surface area contributed by atoms with Crippen molar-refractivity contribution in [1.82, 2.24) is 0 Å². The molecule has 1 aliphatic rings. The fourth-order valence-corrected chi connectivity index (χ4v) is 4.14. The van der Waals surface area contributed by atoms with Gasteiger partial charge in [-0.25, -0.2) is 5.53 Å². The van der Waals surface area contributed by atoms with Crippen molar-refractivity contribution in [3.63, 3.8) is 0 Å². The molecule has 1 aliphatic carbocycles. The van der Waals surface area contributed by atoms with Crippen molar-refractivity contribution in [1.29, 1.82) is 5.53 Å². The van der Waals surface area contributed by atoms with Crippen molar-refractivity contribution < 1.29 is 4.79 Å². The number of amides is 1. The lowest BCUT2D eigenvalue weighted by molar-refractivity contribution is 0.102. The van der Waals surface area contributed by atoms with Crippen LogP contribution in [0.1, 0.15) is 21.5 Å². The van der Waals surface area contributed by atoms with Crippen LogP contribution in [0, 0.1) is 5.53 Å². The number of hydrogen-bond acceptors (Lipinski definition) is 5. The fourth-order valence-electron chi connectivity index (χ4n) is 3.37. The lowest BCUT2D eigenvalue weighted by Gasteiger charge is -2.08. The Hall–Kier alpha value is -3.45. The largest absolute Gasteiger partial charge is 0.322 e. The zero-order chi connectivity index (χ0) is 20.2. The van der Waals surface area contributed by atoms with Gasteiger partial charge in [-0.1, -0.05) is 30.3 Å². The number of nitrogens with zero attached hydrogens (tertiary/aromatic N) is 2. The Balaban J connectivity index is 1.42. The molecule has 0 aromatic heterocycles. The molecule has 0 radical (unpaired) electrons. The summed E-state index contributed by atoms with van der Waals surface area (Å²) in [5, 5.41) is 9.65. The number of amidine groups is 1. The Morgan fingerprint density at radius 3 is 2.55 bits per heavy atom. The van der Waals surface area contributed by atoms with E-state index in [4.69, 9.17) is 11.4 Å². The van der Waals surface area contributed by atoms with E-state index in [2.05, 4.69) is 51.9 Å². The van der Waals surface area contributed by atoms with E-state index in [9.17, 15) is 4.79 Å². The summed E-state index contributed by atoms with van der Waals surface area (Å²) in [6.45, 7) is 0. The van der Waals surface area contributed by atoms with E-state index in [0.29, 0.717) is 11.3 Å². The minimum atomic E-state index is -0.151. The highest BCUT2D eigenvalue weighted by molar-refractivity contribution is 8.00. The molecule has 0 saturated heterocycles. The second-order valence-corrected chi connectivity index (χ2v) is 7.68. The highest BCUT2D eigenvalue weighted by Crippen LogP contribution is 2.37. The van der Waals surface area contributed by atoms with Crippen LogP contribution in [0.2, 0.25) is 0 Å². The van der Waals surface area contributed by atoms with Crippen LogP contribution in [0.5, 0.6) is 0 Å². The Labute approximate surface area is 172 Å². The summed E-state index contributed by atoms with van der Waals surface area (Å²) in [5.74, 6) is 5.67. The van der Waals surface area contributed by atoms with E-state index in [1.165, 1.54) is 34.0 Å². The van der Waals surface area contributed by atoms with E-state index >= 15 is 0 Å². The molecule has 0 atom stereocenters. The molecule has 0 unspecified atom stereocenters. The van der Waals surface area contributed by atoms with Gasteiger partial charge in [0.1, 0.15) is 0 Å². The third-order valence-corrected chi connectivity index (χ3v) is 5.82. The van der Waals surface area contributed by atoms with Gasteiger partial charge in [0.15, 0.2) is 5.84 Å². The van der Waals surface area contributed by atoms with Crippen LogP contribution in [-0.4, -0.2) is 17.5 Å². The van der Waals surface area contributed by atoms with Crippen LogP contribution in [0.15, 0.2) is 81.8 Å². The normalized spacial score (nSPS) is 12.2. The molecule has 0 saturated carbocycles. The van der Waals surface area contributed by atoms with Crippen molar-refractivity contribution >= 4 is 29.2 Å². The van der Waals surface area contributed by atoms with E-state index in [1.54, 1.807) is 12.1 Å². The maximum Gasteiger partial charge on any atom is 0.255 e. The smallest absolute Gasteiger partial charge is 0.255 e. The molecule has 0 spiro atoms. The molecule has 0 aliphatic heterocycles. The predicted octanol–water partition coefficient (Wildman–Crippen LogP) is 4.91. The van der Waals surface area contributed by atoms with Crippen LogP contribution in [0.4, 0.5) is 5.69 Å². The number of hydrogen-bond donors (Lipinski definition) is 3. The first-order valence-corrected chi connectivity index (χ1v) is 10.1. The van der Waals surface area contributed by atoms with E-state index in [0.717, 1.165) is 17.0 Å². The molecule has 3 aromatic rings. The molecule has 6 nitrogen and oxygen atoms in total. The number of fused-ring (bicyclic) bond motifs is 3. The first-order chi connectivity index (χ1) is 14.2. The topological polar surface area (TPSA) is 104 Å². The number of nitrogens with two attached hydrogens (primary N) is 1. The second-order valence-electron chi connectivity index (χ2n) is 6.63. The van der Waals surface area contributed by atoms with E-state index < -0.39 is 0 Å². The van der Waals surface area contributed by atoms with Crippen molar-refractivity contribution in [2.75, 3.05) is 11.1 Å². The monoisotopic (exact) mass is 401 g/mol. The summed E-state index contributed by atoms with van der Waals surface area (Å²) in [6.07, 6.45) is 0.889. The number of nitrogens with one attached hydrogen (secondary N) is 2. The summed E-state index contributed by atoms with van der Waals surface area (Å²) < 4.78 is 0. The van der Waals surface area contributed by atoms with Crippen LogP contribution in [0.25, 0.3) is 11.1 Å². The van der Waals surface area contributed by atoms with Gasteiger partial charge < -0.3 is 11.2 Å². The summed E-state index contributed by atoms with van der Waals surface area (Å²) >= 11 is 1.45. The van der Waals surface area contributed by atoms with Gasteiger partial charge in [0.05, 0.1) is 5.75 Å². The Morgan fingerprint density at radius 2 is 1.79 bits per heavy atom. The van der Waals surface area contributed by atoms with Crippen molar-refractivity contribution in [2.45, 2.75) is 11.3 Å². The summed E-state index contributed by atoms with van der Waals surface area (Å²) in [7, 11) is 0. The molecule has 0 heterocycles. The number of thioether (sulfide) groups is 1. The average molecular weight is 401 g/mol. The number of carbonyl (C=O) groups is 1. The predicted molar refractivity (Wildman–Crippen MR) is 117 cm³/mol. The molecule has 4 rings (SSSR count). The first kappa shape index (κ1) is 18.9. The number of hydrazone groups is 1. The van der Waals surface area contributed by atoms with Gasteiger partial charge in [-0.15, -0.1) is 16.9 Å². The molecule has 7 heteroatoms. The average Bonchev–Trinajstić information content (AvgIpc) is 3.12. The highest BCUT2D eigenvalue weighted by atomic mass is 32.2. The molecule has 144 valence electrons. The summed E-state index contributed by atoms with van der Waals surface area (Å²) in [4.78, 5) is 13.6. The maximum absolute atomic E-state index is 12.6. The molecule has 0 fully saturated rings. The zero-order valence-corrected chi connectivity index (χ0v) is 16.4.